The molecule has 3 nitrogen and oxygen atoms in total. The monoisotopic (exact) mass is 191 g/mol. The molecule has 1 atom stereocenters. The average molecular weight is 191 g/mol. The molecular weight excluding hydrogens is 166 g/mol. The minimum Gasteiger partial charge on any atom is -0.368 e. The molecule has 0 fully saturated rings. The first kappa shape index (κ1) is 15.4. The molecule has 0 radical (unpaired) electrons. The number of hydrogen-bond acceptors (Lipinski definition) is 3. The summed E-state index contributed by atoms with van der Waals surface area (Å²) >= 11 is 0. The fourth-order valence-corrected chi connectivity index (χ4v) is 0.912. The van der Waals surface area contributed by atoms with E-state index < -0.39 is 6.29 Å². The lowest BCUT2D eigenvalue weighted by atomic mass is 10.5. The molecule has 0 rings (SSSR count). The Morgan fingerprint density at radius 2 is 1.46 bits per heavy atom. The first-order valence-electron chi connectivity index (χ1n) is 5.14. The van der Waals surface area contributed by atoms with Gasteiger partial charge in [0.05, 0.1) is 0 Å². The van der Waals surface area contributed by atoms with Crippen LogP contribution in [-0.2, 0) is 4.74 Å². The van der Waals surface area contributed by atoms with Crippen molar-refractivity contribution in [2.24, 2.45) is 0 Å². The molecule has 0 aromatic heterocycles. The van der Waals surface area contributed by atoms with E-state index in [4.69, 9.17) is 5.11 Å². The van der Waals surface area contributed by atoms with Gasteiger partial charge in [-0.25, -0.2) is 0 Å². The van der Waals surface area contributed by atoms with Gasteiger partial charge in [-0.2, -0.15) is 0 Å². The molecule has 0 aliphatic carbocycles. The number of ether oxygens (including phenoxy) is 1. The first-order valence-corrected chi connectivity index (χ1v) is 5.14. The molecule has 0 heterocycles. The summed E-state index contributed by atoms with van der Waals surface area (Å²) in [5.41, 5.74) is 0. The summed E-state index contributed by atoms with van der Waals surface area (Å²) in [7, 11) is 0. The summed E-state index contributed by atoms with van der Waals surface area (Å²) < 4.78 is 4.60. The quantitative estimate of drug-likeness (QED) is 0.671. The van der Waals surface area contributed by atoms with Crippen molar-refractivity contribution in [2.45, 2.75) is 40.9 Å². The maximum absolute atomic E-state index is 8.33. The smallest absolute Gasteiger partial charge is 0.151 e. The van der Waals surface area contributed by atoms with Crippen LogP contribution in [0, 0.1) is 0 Å². The molecule has 1 unspecified atom stereocenters. The zero-order valence-electron chi connectivity index (χ0n) is 9.71. The Morgan fingerprint density at radius 3 is 1.46 bits per heavy atom. The molecule has 0 spiro atoms. The van der Waals surface area contributed by atoms with Gasteiger partial charge in [0.2, 0.25) is 0 Å². The lowest BCUT2D eigenvalue weighted by Crippen LogP contribution is -2.21. The molecule has 13 heavy (non-hydrogen) atoms. The van der Waals surface area contributed by atoms with E-state index in [9.17, 15) is 0 Å². The minimum atomic E-state index is -0.602. The molecule has 0 saturated carbocycles. The lowest BCUT2D eigenvalue weighted by Gasteiger charge is -2.13. The highest BCUT2D eigenvalue weighted by molar-refractivity contribution is 4.43. The van der Waals surface area contributed by atoms with E-state index in [0.29, 0.717) is 6.61 Å². The van der Waals surface area contributed by atoms with Crippen LogP contribution in [0.4, 0.5) is 0 Å². The first-order chi connectivity index (χ1) is 6.12. The van der Waals surface area contributed by atoms with Crippen LogP contribution in [0.3, 0.4) is 0 Å². The van der Waals surface area contributed by atoms with Gasteiger partial charge in [0, 0.05) is 6.61 Å². The molecule has 3 heteroatoms. The lowest BCUT2D eigenvalue weighted by molar-refractivity contribution is -0.0800. The van der Waals surface area contributed by atoms with Crippen molar-refractivity contribution in [1.29, 1.82) is 0 Å². The van der Waals surface area contributed by atoms with Crippen LogP contribution in [0.2, 0.25) is 0 Å². The topological polar surface area (TPSA) is 32.7 Å². The Morgan fingerprint density at radius 1 is 1.08 bits per heavy atom. The Kier molecular flexibility index (Phi) is 14.0. The molecular formula is C10H25NO2. The molecule has 0 amide bonds. The van der Waals surface area contributed by atoms with Crippen LogP contribution in [-0.4, -0.2) is 42.5 Å². The van der Waals surface area contributed by atoms with Crippen molar-refractivity contribution < 1.29 is 9.84 Å². The summed E-state index contributed by atoms with van der Waals surface area (Å²) in [4.78, 5) is 2.38. The fraction of sp³-hybridized carbons (Fsp3) is 1.00. The maximum atomic E-state index is 8.33. The second-order valence-electron chi connectivity index (χ2n) is 2.67. The summed E-state index contributed by atoms with van der Waals surface area (Å²) in [6, 6.07) is 0. The van der Waals surface area contributed by atoms with Crippen molar-refractivity contribution in [3.63, 3.8) is 0 Å². The molecule has 1 N–H and O–H groups in total. The zero-order valence-corrected chi connectivity index (χ0v) is 9.71. The van der Waals surface area contributed by atoms with Crippen molar-refractivity contribution in [3.05, 3.63) is 0 Å². The van der Waals surface area contributed by atoms with Gasteiger partial charge in [-0.3, -0.25) is 0 Å². The van der Waals surface area contributed by atoms with Crippen molar-refractivity contribution in [3.8, 4) is 0 Å². The fourth-order valence-electron chi connectivity index (χ4n) is 0.912. The predicted octanol–water partition coefficient (Wildman–Crippen LogP) is 1.71. The SMILES string of the molecule is CCN(CC)CC.CCOC(C)O. The van der Waals surface area contributed by atoms with Crippen molar-refractivity contribution in [1.82, 2.24) is 4.90 Å². The van der Waals surface area contributed by atoms with E-state index >= 15 is 0 Å². The van der Waals surface area contributed by atoms with E-state index in [1.807, 2.05) is 6.92 Å². The van der Waals surface area contributed by atoms with Crippen molar-refractivity contribution >= 4 is 0 Å². The Bertz CT molecular complexity index is 77.5. The van der Waals surface area contributed by atoms with Gasteiger partial charge in [-0.1, -0.05) is 20.8 Å². The average Bonchev–Trinajstić information content (AvgIpc) is 2.08. The van der Waals surface area contributed by atoms with E-state index in [0.717, 1.165) is 0 Å². The second kappa shape index (κ2) is 11.9. The van der Waals surface area contributed by atoms with Gasteiger partial charge in [0.25, 0.3) is 0 Å². The van der Waals surface area contributed by atoms with Gasteiger partial charge in [0.1, 0.15) is 0 Å². The molecule has 0 bridgehead atoms. The van der Waals surface area contributed by atoms with Gasteiger partial charge < -0.3 is 14.7 Å². The third-order valence-corrected chi connectivity index (χ3v) is 1.75. The minimum absolute atomic E-state index is 0.581. The van der Waals surface area contributed by atoms with Gasteiger partial charge in [0.15, 0.2) is 6.29 Å². The summed E-state index contributed by atoms with van der Waals surface area (Å²) in [5.74, 6) is 0. The largest absolute Gasteiger partial charge is 0.368 e. The maximum Gasteiger partial charge on any atom is 0.151 e. The molecule has 0 aromatic rings. The van der Waals surface area contributed by atoms with E-state index in [1.54, 1.807) is 6.92 Å². The normalized spacial score (nSPS) is 12.2. The number of aliphatic hydroxyl groups is 1. The Labute approximate surface area is 82.7 Å². The summed E-state index contributed by atoms with van der Waals surface area (Å²) in [6.07, 6.45) is -0.602. The van der Waals surface area contributed by atoms with Crippen LogP contribution in [0.25, 0.3) is 0 Å². The highest BCUT2D eigenvalue weighted by Crippen LogP contribution is 1.81. The van der Waals surface area contributed by atoms with E-state index in [2.05, 4.69) is 30.4 Å². The van der Waals surface area contributed by atoms with Crippen LogP contribution in [0.15, 0.2) is 0 Å². The van der Waals surface area contributed by atoms with Crippen LogP contribution in [0.1, 0.15) is 34.6 Å². The van der Waals surface area contributed by atoms with Crippen LogP contribution < -0.4 is 0 Å². The van der Waals surface area contributed by atoms with E-state index in [1.165, 1.54) is 19.6 Å². The number of hydrogen-bond donors (Lipinski definition) is 1. The van der Waals surface area contributed by atoms with E-state index in [-0.39, 0.29) is 0 Å². The third-order valence-electron chi connectivity index (χ3n) is 1.75. The highest BCUT2D eigenvalue weighted by atomic mass is 16.6. The predicted molar refractivity (Wildman–Crippen MR) is 56.8 cm³/mol. The molecule has 82 valence electrons. The van der Waals surface area contributed by atoms with Gasteiger partial charge >= 0.3 is 0 Å². The molecule has 0 aromatic carbocycles. The summed E-state index contributed by atoms with van der Waals surface area (Å²) in [5, 5.41) is 8.33. The van der Waals surface area contributed by atoms with Gasteiger partial charge in [-0.05, 0) is 33.5 Å². The van der Waals surface area contributed by atoms with Gasteiger partial charge in [-0.15, -0.1) is 0 Å². The standard InChI is InChI=1S/C6H15N.C4H10O2/c1-4-7(5-2)6-3;1-3-6-4(2)5/h4-6H2,1-3H3;4-5H,3H2,1-2H3. The number of nitrogens with zero attached hydrogens (tertiary/aromatic N) is 1. The number of aliphatic hydroxyl groups excluding tert-OH is 1. The third kappa shape index (κ3) is 14.7. The van der Waals surface area contributed by atoms with Crippen LogP contribution in [0.5, 0.6) is 0 Å². The Hall–Kier alpha value is -0.120. The molecule has 0 saturated heterocycles. The Balaban J connectivity index is 0. The summed E-state index contributed by atoms with van der Waals surface area (Å²) in [6.45, 7) is 14.1. The second-order valence-corrected chi connectivity index (χ2v) is 2.67. The van der Waals surface area contributed by atoms with Crippen LogP contribution >= 0.6 is 0 Å². The molecule has 0 aliphatic rings. The number of rotatable bonds is 5. The zero-order chi connectivity index (χ0) is 10.7. The highest BCUT2D eigenvalue weighted by Gasteiger charge is 1.89. The molecule has 0 aliphatic heterocycles. The van der Waals surface area contributed by atoms with Crippen molar-refractivity contribution in [2.75, 3.05) is 26.2 Å².